The number of carbonyl (C=O) groups is 1. The Hall–Kier alpha value is -3.48. The van der Waals surface area contributed by atoms with Gasteiger partial charge in [-0.25, -0.2) is 9.97 Å². The van der Waals surface area contributed by atoms with E-state index in [9.17, 15) is 10.1 Å². The molecule has 1 fully saturated rings. The van der Waals surface area contributed by atoms with Crippen LogP contribution in [0.4, 0.5) is 5.69 Å². The second kappa shape index (κ2) is 11.3. The quantitative estimate of drug-likeness (QED) is 0.490. The second-order valence-corrected chi connectivity index (χ2v) is 9.76. The summed E-state index contributed by atoms with van der Waals surface area (Å²) < 4.78 is 5.38. The molecule has 35 heavy (non-hydrogen) atoms. The minimum atomic E-state index is -0.306. The van der Waals surface area contributed by atoms with Crippen LogP contribution in [0.2, 0.25) is 0 Å². The van der Waals surface area contributed by atoms with Crippen molar-refractivity contribution >= 4 is 22.9 Å². The predicted molar refractivity (Wildman–Crippen MR) is 137 cm³/mol. The van der Waals surface area contributed by atoms with Crippen LogP contribution in [0.25, 0.3) is 11.3 Å². The molecule has 0 aliphatic carbocycles. The fraction of sp³-hybridized carbons (Fsp3) is 0.385. The Labute approximate surface area is 209 Å². The number of benzene rings is 1. The van der Waals surface area contributed by atoms with Crippen LogP contribution in [0.15, 0.2) is 35.7 Å². The third kappa shape index (κ3) is 6.15. The number of carbonyl (C=O) groups excluding carboxylic acids is 1. The zero-order valence-electron chi connectivity index (χ0n) is 20.1. The molecule has 0 unspecified atom stereocenters. The van der Waals surface area contributed by atoms with Gasteiger partial charge in [0.15, 0.2) is 0 Å². The molecular formula is C26H30N6O2S. The molecule has 8 nitrogen and oxygen atoms in total. The molecule has 1 aliphatic rings. The average molecular weight is 491 g/mol. The van der Waals surface area contributed by atoms with Gasteiger partial charge in [-0.15, -0.1) is 11.3 Å². The van der Waals surface area contributed by atoms with Crippen molar-refractivity contribution < 1.29 is 9.53 Å². The van der Waals surface area contributed by atoms with E-state index in [2.05, 4.69) is 49.8 Å². The van der Waals surface area contributed by atoms with Gasteiger partial charge in [0.05, 0.1) is 23.0 Å². The first-order chi connectivity index (χ1) is 17.0. The van der Waals surface area contributed by atoms with Crippen molar-refractivity contribution in [2.75, 3.05) is 32.0 Å². The first kappa shape index (κ1) is 24.6. The normalized spacial score (nSPS) is 14.4. The number of nitrogens with one attached hydrogen (secondary N) is 1. The number of hydrogen-bond donors (Lipinski definition) is 2. The number of rotatable bonds is 8. The number of nitrogens with two attached hydrogens (primary N) is 1. The molecule has 9 heteroatoms. The smallest absolute Gasteiger partial charge is 0.270 e. The summed E-state index contributed by atoms with van der Waals surface area (Å²) >= 11 is 1.67. The number of aromatic nitrogens is 2. The highest BCUT2D eigenvalue weighted by atomic mass is 32.1. The van der Waals surface area contributed by atoms with Crippen LogP contribution < -0.4 is 15.8 Å². The van der Waals surface area contributed by atoms with Gasteiger partial charge in [0.25, 0.3) is 5.91 Å². The summed E-state index contributed by atoms with van der Waals surface area (Å²) in [6.45, 7) is 7.63. The standard InChI is InChI=1S/C26H30N6O2S/c1-3-34-26-21(13-27)22(28)12-23(31-26)25(33)29-14-18-8-10-32(11-9-18)15-19-4-6-20(7-5-19)24-16-35-17(2)30-24/h4-7,12,16,18H,3,8-11,14-15H2,1-2H3,(H2,28,31)(H,29,33). The Morgan fingerprint density at radius 3 is 2.66 bits per heavy atom. The fourth-order valence-corrected chi connectivity index (χ4v) is 4.84. The lowest BCUT2D eigenvalue weighted by molar-refractivity contribution is 0.0929. The molecular weight excluding hydrogens is 460 g/mol. The van der Waals surface area contributed by atoms with Crippen LogP contribution in [-0.4, -0.2) is 47.0 Å². The van der Waals surface area contributed by atoms with Crippen molar-refractivity contribution in [3.63, 3.8) is 0 Å². The minimum Gasteiger partial charge on any atom is -0.477 e. The first-order valence-electron chi connectivity index (χ1n) is 11.8. The molecule has 3 aromatic rings. The Morgan fingerprint density at radius 1 is 1.29 bits per heavy atom. The van der Waals surface area contributed by atoms with E-state index in [4.69, 9.17) is 10.5 Å². The Morgan fingerprint density at radius 2 is 2.03 bits per heavy atom. The molecule has 182 valence electrons. The highest BCUT2D eigenvalue weighted by Crippen LogP contribution is 2.25. The highest BCUT2D eigenvalue weighted by molar-refractivity contribution is 7.09. The van der Waals surface area contributed by atoms with Crippen LogP contribution in [-0.2, 0) is 6.54 Å². The molecule has 1 amide bonds. The van der Waals surface area contributed by atoms with Gasteiger partial charge in [-0.05, 0) is 57.3 Å². The minimum absolute atomic E-state index is 0.100. The van der Waals surface area contributed by atoms with Gasteiger partial charge < -0.3 is 15.8 Å². The molecule has 0 radical (unpaired) electrons. The molecule has 0 spiro atoms. The van der Waals surface area contributed by atoms with Gasteiger partial charge in [-0.1, -0.05) is 24.3 Å². The van der Waals surface area contributed by atoms with Crippen molar-refractivity contribution in [1.29, 1.82) is 5.26 Å². The molecule has 2 aromatic heterocycles. The number of nitriles is 1. The molecule has 1 aromatic carbocycles. The zero-order chi connectivity index (χ0) is 24.8. The summed E-state index contributed by atoms with van der Waals surface area (Å²) in [5.74, 6) is 0.204. The van der Waals surface area contributed by atoms with Crippen LogP contribution in [0, 0.1) is 24.2 Å². The summed E-state index contributed by atoms with van der Waals surface area (Å²) in [7, 11) is 0. The number of amides is 1. The first-order valence-corrected chi connectivity index (χ1v) is 12.7. The van der Waals surface area contributed by atoms with E-state index in [0.29, 0.717) is 19.1 Å². The maximum atomic E-state index is 12.7. The number of piperidine rings is 1. The maximum absolute atomic E-state index is 12.7. The number of ether oxygens (including phenoxy) is 1. The number of anilines is 1. The summed E-state index contributed by atoms with van der Waals surface area (Å²) in [6, 6.07) is 12.1. The lowest BCUT2D eigenvalue weighted by atomic mass is 9.96. The summed E-state index contributed by atoms with van der Waals surface area (Å²) in [4.78, 5) is 23.9. The Balaban J connectivity index is 1.25. The van der Waals surface area contributed by atoms with Gasteiger partial charge in [0, 0.05) is 24.0 Å². The predicted octanol–water partition coefficient (Wildman–Crippen LogP) is 4.01. The number of pyridine rings is 1. The van der Waals surface area contributed by atoms with Crippen LogP contribution in [0.3, 0.4) is 0 Å². The molecule has 3 heterocycles. The average Bonchev–Trinajstić information content (AvgIpc) is 3.30. The van der Waals surface area contributed by atoms with Crippen LogP contribution >= 0.6 is 11.3 Å². The van der Waals surface area contributed by atoms with E-state index in [0.717, 1.165) is 48.7 Å². The third-order valence-corrected chi connectivity index (χ3v) is 6.95. The monoisotopic (exact) mass is 490 g/mol. The van der Waals surface area contributed by atoms with Crippen molar-refractivity contribution in [3.05, 3.63) is 57.5 Å². The largest absolute Gasteiger partial charge is 0.477 e. The van der Waals surface area contributed by atoms with E-state index in [1.165, 1.54) is 11.6 Å². The molecule has 0 atom stereocenters. The molecule has 1 aliphatic heterocycles. The topological polar surface area (TPSA) is 117 Å². The van der Waals surface area contributed by atoms with Gasteiger partial charge in [-0.2, -0.15) is 5.26 Å². The van der Waals surface area contributed by atoms with E-state index in [-0.39, 0.29) is 28.7 Å². The van der Waals surface area contributed by atoms with Crippen molar-refractivity contribution in [3.8, 4) is 23.2 Å². The summed E-state index contributed by atoms with van der Waals surface area (Å²) in [6.07, 6.45) is 2.03. The van der Waals surface area contributed by atoms with Crippen molar-refractivity contribution in [2.24, 2.45) is 5.92 Å². The zero-order valence-corrected chi connectivity index (χ0v) is 20.9. The number of hydrogen-bond acceptors (Lipinski definition) is 8. The SMILES string of the molecule is CCOc1nc(C(=O)NCC2CCN(Cc3ccc(-c4csc(C)n4)cc3)CC2)cc(N)c1C#N. The highest BCUT2D eigenvalue weighted by Gasteiger charge is 2.21. The number of nitrogens with zero attached hydrogens (tertiary/aromatic N) is 4. The number of likely N-dealkylation sites (tertiary alicyclic amines) is 1. The Bertz CT molecular complexity index is 1210. The number of thiazole rings is 1. The number of nitrogen functional groups attached to an aromatic ring is 1. The van der Waals surface area contributed by atoms with Crippen LogP contribution in [0.1, 0.15) is 46.4 Å². The maximum Gasteiger partial charge on any atom is 0.270 e. The Kier molecular flexibility index (Phi) is 7.95. The summed E-state index contributed by atoms with van der Waals surface area (Å²) in [5.41, 5.74) is 9.92. The van der Waals surface area contributed by atoms with Gasteiger partial charge in [0.1, 0.15) is 17.3 Å². The van der Waals surface area contributed by atoms with Gasteiger partial charge in [-0.3, -0.25) is 9.69 Å². The van der Waals surface area contributed by atoms with E-state index in [1.807, 2.05) is 13.0 Å². The van der Waals surface area contributed by atoms with E-state index >= 15 is 0 Å². The van der Waals surface area contributed by atoms with Gasteiger partial charge >= 0.3 is 0 Å². The van der Waals surface area contributed by atoms with Crippen molar-refractivity contribution in [1.82, 2.24) is 20.2 Å². The van der Waals surface area contributed by atoms with E-state index < -0.39 is 0 Å². The third-order valence-electron chi connectivity index (χ3n) is 6.18. The number of aryl methyl sites for hydroxylation is 1. The summed E-state index contributed by atoms with van der Waals surface area (Å²) in [5, 5.41) is 15.4. The van der Waals surface area contributed by atoms with Crippen molar-refractivity contribution in [2.45, 2.75) is 33.2 Å². The van der Waals surface area contributed by atoms with Crippen LogP contribution in [0.5, 0.6) is 5.88 Å². The second-order valence-electron chi connectivity index (χ2n) is 8.70. The molecule has 4 rings (SSSR count). The molecule has 0 bridgehead atoms. The molecule has 1 saturated heterocycles. The molecule has 3 N–H and O–H groups in total. The lowest BCUT2D eigenvalue weighted by Gasteiger charge is -2.32. The van der Waals surface area contributed by atoms with E-state index in [1.54, 1.807) is 18.3 Å². The molecule has 0 saturated carbocycles. The fourth-order valence-electron chi connectivity index (χ4n) is 4.22. The van der Waals surface area contributed by atoms with Gasteiger partial charge in [0.2, 0.25) is 5.88 Å². The lowest BCUT2D eigenvalue weighted by Crippen LogP contribution is -2.38.